The van der Waals surface area contributed by atoms with Gasteiger partial charge >= 0.3 is 0 Å². The third-order valence-corrected chi connectivity index (χ3v) is 4.10. The molecule has 1 N–H and O–H groups in total. The van der Waals surface area contributed by atoms with Crippen molar-refractivity contribution in [3.8, 4) is 23.0 Å². The SMILES string of the molecule is O=C(CCc1nc(-c2ccccn2)no1)NCCc1ccc2c(c1)OCO2. The van der Waals surface area contributed by atoms with Crippen molar-refractivity contribution in [3.63, 3.8) is 0 Å². The van der Waals surface area contributed by atoms with E-state index >= 15 is 0 Å². The van der Waals surface area contributed by atoms with Gasteiger partial charge in [0.15, 0.2) is 11.5 Å². The van der Waals surface area contributed by atoms with Gasteiger partial charge < -0.3 is 19.3 Å². The van der Waals surface area contributed by atoms with Crippen molar-refractivity contribution in [2.24, 2.45) is 0 Å². The number of amides is 1. The van der Waals surface area contributed by atoms with Gasteiger partial charge in [0.1, 0.15) is 5.69 Å². The maximum absolute atomic E-state index is 12.0. The Morgan fingerprint density at radius 1 is 1.11 bits per heavy atom. The first-order valence-corrected chi connectivity index (χ1v) is 8.67. The second kappa shape index (κ2) is 7.86. The number of nitrogens with one attached hydrogen (secondary N) is 1. The van der Waals surface area contributed by atoms with E-state index in [4.69, 9.17) is 14.0 Å². The van der Waals surface area contributed by atoms with Crippen molar-refractivity contribution in [1.82, 2.24) is 20.4 Å². The molecule has 1 aliphatic rings. The van der Waals surface area contributed by atoms with Crippen LogP contribution in [0, 0.1) is 0 Å². The van der Waals surface area contributed by atoms with Crippen molar-refractivity contribution in [2.75, 3.05) is 13.3 Å². The van der Waals surface area contributed by atoms with E-state index in [0.29, 0.717) is 36.8 Å². The number of aromatic nitrogens is 3. The lowest BCUT2D eigenvalue weighted by atomic mass is 10.1. The molecule has 4 rings (SSSR count). The van der Waals surface area contributed by atoms with Gasteiger partial charge in [-0.25, -0.2) is 0 Å². The second-order valence-corrected chi connectivity index (χ2v) is 6.01. The topological polar surface area (TPSA) is 99.4 Å². The van der Waals surface area contributed by atoms with Crippen LogP contribution < -0.4 is 14.8 Å². The smallest absolute Gasteiger partial charge is 0.231 e. The number of benzene rings is 1. The predicted octanol–water partition coefficient (Wildman–Crippen LogP) is 2.15. The molecule has 0 bridgehead atoms. The van der Waals surface area contributed by atoms with Crippen LogP contribution in [0.4, 0.5) is 0 Å². The number of hydrogen-bond donors (Lipinski definition) is 1. The molecule has 0 saturated heterocycles. The van der Waals surface area contributed by atoms with Crippen LogP contribution in [0.1, 0.15) is 17.9 Å². The number of pyridine rings is 1. The van der Waals surface area contributed by atoms with E-state index in [2.05, 4.69) is 20.4 Å². The van der Waals surface area contributed by atoms with Crippen LogP contribution in [-0.4, -0.2) is 34.4 Å². The molecule has 1 amide bonds. The quantitative estimate of drug-likeness (QED) is 0.684. The number of carbonyl (C=O) groups is 1. The van der Waals surface area contributed by atoms with Gasteiger partial charge in [0.25, 0.3) is 0 Å². The number of hydrogen-bond acceptors (Lipinski definition) is 7. The molecule has 8 heteroatoms. The number of nitrogens with zero attached hydrogens (tertiary/aromatic N) is 3. The van der Waals surface area contributed by atoms with Gasteiger partial charge in [-0.3, -0.25) is 9.78 Å². The molecule has 138 valence electrons. The Kier molecular flexibility index (Phi) is 4.95. The number of fused-ring (bicyclic) bond motifs is 1. The summed E-state index contributed by atoms with van der Waals surface area (Å²) in [4.78, 5) is 20.4. The normalized spacial score (nSPS) is 12.1. The third kappa shape index (κ3) is 4.22. The van der Waals surface area contributed by atoms with Gasteiger partial charge in [0, 0.05) is 25.6 Å². The van der Waals surface area contributed by atoms with E-state index in [9.17, 15) is 4.79 Å². The molecule has 0 saturated carbocycles. The molecule has 8 nitrogen and oxygen atoms in total. The van der Waals surface area contributed by atoms with Gasteiger partial charge in [-0.15, -0.1) is 0 Å². The van der Waals surface area contributed by atoms with E-state index in [1.807, 2.05) is 30.3 Å². The molecule has 0 aliphatic carbocycles. The summed E-state index contributed by atoms with van der Waals surface area (Å²) in [6.07, 6.45) is 3.05. The van der Waals surface area contributed by atoms with Gasteiger partial charge in [0.05, 0.1) is 0 Å². The zero-order valence-electron chi connectivity index (χ0n) is 14.6. The van der Waals surface area contributed by atoms with Crippen LogP contribution in [0.3, 0.4) is 0 Å². The highest BCUT2D eigenvalue weighted by Gasteiger charge is 2.14. The minimum Gasteiger partial charge on any atom is -0.454 e. The molecule has 3 aromatic rings. The second-order valence-electron chi connectivity index (χ2n) is 6.01. The molecule has 3 heterocycles. The molecule has 1 aliphatic heterocycles. The first-order chi connectivity index (χ1) is 13.3. The highest BCUT2D eigenvalue weighted by Crippen LogP contribution is 2.32. The van der Waals surface area contributed by atoms with Crippen LogP contribution in [0.2, 0.25) is 0 Å². The lowest BCUT2D eigenvalue weighted by molar-refractivity contribution is -0.121. The molecule has 2 aromatic heterocycles. The Hall–Kier alpha value is -3.42. The van der Waals surface area contributed by atoms with Crippen molar-refractivity contribution in [3.05, 3.63) is 54.0 Å². The highest BCUT2D eigenvalue weighted by molar-refractivity contribution is 5.76. The maximum Gasteiger partial charge on any atom is 0.231 e. The number of carbonyl (C=O) groups excluding carboxylic acids is 1. The van der Waals surface area contributed by atoms with E-state index in [0.717, 1.165) is 17.1 Å². The summed E-state index contributed by atoms with van der Waals surface area (Å²) in [5.41, 5.74) is 1.72. The number of ether oxygens (including phenoxy) is 2. The summed E-state index contributed by atoms with van der Waals surface area (Å²) >= 11 is 0. The molecule has 27 heavy (non-hydrogen) atoms. The summed E-state index contributed by atoms with van der Waals surface area (Å²) in [5, 5.41) is 6.79. The Labute approximate surface area is 155 Å². The number of rotatable bonds is 7. The molecular weight excluding hydrogens is 348 g/mol. The Bertz CT molecular complexity index is 926. The standard InChI is InChI=1S/C19H18N4O4/c24-17(21-10-8-13-4-5-15-16(11-13)26-12-25-15)6-7-18-22-19(23-27-18)14-3-1-2-9-20-14/h1-5,9,11H,6-8,10,12H2,(H,21,24). The van der Waals surface area contributed by atoms with Crippen molar-refractivity contribution < 1.29 is 18.8 Å². The Morgan fingerprint density at radius 3 is 2.93 bits per heavy atom. The fourth-order valence-corrected chi connectivity index (χ4v) is 2.71. The molecule has 0 radical (unpaired) electrons. The average molecular weight is 366 g/mol. The van der Waals surface area contributed by atoms with Crippen LogP contribution in [0.15, 0.2) is 47.1 Å². The van der Waals surface area contributed by atoms with Gasteiger partial charge in [-0.05, 0) is 36.2 Å². The lowest BCUT2D eigenvalue weighted by Gasteiger charge is -2.05. The monoisotopic (exact) mass is 366 g/mol. The fraction of sp³-hybridized carbons (Fsp3) is 0.263. The Morgan fingerprint density at radius 2 is 2.04 bits per heavy atom. The van der Waals surface area contributed by atoms with Crippen molar-refractivity contribution in [1.29, 1.82) is 0 Å². The van der Waals surface area contributed by atoms with Crippen molar-refractivity contribution >= 4 is 5.91 Å². The molecular formula is C19H18N4O4. The molecule has 1 aromatic carbocycles. The van der Waals surface area contributed by atoms with E-state index < -0.39 is 0 Å². The van der Waals surface area contributed by atoms with E-state index in [1.165, 1.54) is 0 Å². The molecule has 0 atom stereocenters. The number of aryl methyl sites for hydroxylation is 1. The molecule has 0 unspecified atom stereocenters. The largest absolute Gasteiger partial charge is 0.454 e. The summed E-state index contributed by atoms with van der Waals surface area (Å²) in [7, 11) is 0. The molecule has 0 fully saturated rings. The van der Waals surface area contributed by atoms with E-state index in [-0.39, 0.29) is 19.1 Å². The van der Waals surface area contributed by atoms with Crippen LogP contribution >= 0.6 is 0 Å². The van der Waals surface area contributed by atoms with Crippen LogP contribution in [0.5, 0.6) is 11.5 Å². The van der Waals surface area contributed by atoms with Gasteiger partial charge in [0.2, 0.25) is 24.4 Å². The van der Waals surface area contributed by atoms with Crippen molar-refractivity contribution in [2.45, 2.75) is 19.3 Å². The minimum absolute atomic E-state index is 0.0617. The maximum atomic E-state index is 12.0. The first-order valence-electron chi connectivity index (χ1n) is 8.67. The predicted molar refractivity (Wildman–Crippen MR) is 95.1 cm³/mol. The van der Waals surface area contributed by atoms with Gasteiger partial charge in [-0.1, -0.05) is 17.3 Å². The Balaban J connectivity index is 1.22. The zero-order valence-corrected chi connectivity index (χ0v) is 14.6. The van der Waals surface area contributed by atoms with E-state index in [1.54, 1.807) is 12.3 Å². The lowest BCUT2D eigenvalue weighted by Crippen LogP contribution is -2.25. The minimum atomic E-state index is -0.0617. The summed E-state index contributed by atoms with van der Waals surface area (Å²) in [6, 6.07) is 11.3. The van der Waals surface area contributed by atoms with Crippen LogP contribution in [0.25, 0.3) is 11.5 Å². The summed E-state index contributed by atoms with van der Waals surface area (Å²) in [5.74, 6) is 2.29. The van der Waals surface area contributed by atoms with Crippen LogP contribution in [-0.2, 0) is 17.6 Å². The average Bonchev–Trinajstić information content (AvgIpc) is 3.36. The first kappa shape index (κ1) is 17.0. The highest BCUT2D eigenvalue weighted by atomic mass is 16.7. The zero-order chi connectivity index (χ0) is 18.5. The summed E-state index contributed by atoms with van der Waals surface area (Å²) in [6.45, 7) is 0.800. The fourth-order valence-electron chi connectivity index (χ4n) is 2.71. The summed E-state index contributed by atoms with van der Waals surface area (Å²) < 4.78 is 15.8. The third-order valence-electron chi connectivity index (χ3n) is 4.10. The molecule has 0 spiro atoms. The van der Waals surface area contributed by atoms with Gasteiger partial charge in [-0.2, -0.15) is 4.98 Å².